The minimum atomic E-state index is -0.926. The van der Waals surface area contributed by atoms with Crippen molar-refractivity contribution in [1.82, 2.24) is 0 Å². The van der Waals surface area contributed by atoms with Crippen LogP contribution in [-0.2, 0) is 4.79 Å². The van der Waals surface area contributed by atoms with Gasteiger partial charge in [-0.15, -0.1) is 0 Å². The maximum absolute atomic E-state index is 10.3. The number of carboxylic acids is 1. The normalized spacial score (nSPS) is 19.7. The second-order valence-corrected chi connectivity index (χ2v) is 2.07. The van der Waals surface area contributed by atoms with Crippen LogP contribution in [0, 0.1) is 0 Å². The summed E-state index contributed by atoms with van der Waals surface area (Å²) < 4.78 is 0. The van der Waals surface area contributed by atoms with Crippen LogP contribution in [0.3, 0.4) is 0 Å². The van der Waals surface area contributed by atoms with Crippen molar-refractivity contribution >= 4 is 17.6 Å². The first-order chi connectivity index (χ1) is 4.74. The monoisotopic (exact) mass is 156 g/mol. The third kappa shape index (κ3) is 1.28. The number of carboxylic acid groups (broad SMARTS) is 1. The smallest absolute Gasteiger partial charge is 0.335 e. The van der Waals surface area contributed by atoms with E-state index in [9.17, 15) is 4.79 Å². The van der Waals surface area contributed by atoms with E-state index in [4.69, 9.17) is 16.7 Å². The number of aliphatic carboxylic acids is 1. The van der Waals surface area contributed by atoms with Crippen LogP contribution in [0.5, 0.6) is 0 Å². The molecule has 0 unspecified atom stereocenters. The van der Waals surface area contributed by atoms with Crippen LogP contribution in [0.1, 0.15) is 0 Å². The maximum Gasteiger partial charge on any atom is 0.335 e. The molecular weight excluding hydrogens is 152 g/mol. The molecule has 1 aliphatic carbocycles. The van der Waals surface area contributed by atoms with Crippen LogP contribution in [0.2, 0.25) is 0 Å². The predicted octanol–water partition coefficient (Wildman–Crippen LogP) is 1.69. The highest BCUT2D eigenvalue weighted by Gasteiger charge is 2.07. The summed E-state index contributed by atoms with van der Waals surface area (Å²) in [4.78, 5) is 10.3. The van der Waals surface area contributed by atoms with Crippen molar-refractivity contribution in [2.45, 2.75) is 0 Å². The van der Waals surface area contributed by atoms with E-state index in [1.165, 1.54) is 17.7 Å². The fourth-order valence-corrected chi connectivity index (χ4v) is 0.798. The molecule has 0 saturated heterocycles. The first-order valence-electron chi connectivity index (χ1n) is 2.67. The van der Waals surface area contributed by atoms with Crippen molar-refractivity contribution in [3.05, 3.63) is 34.9 Å². The van der Waals surface area contributed by atoms with E-state index < -0.39 is 5.97 Å². The van der Waals surface area contributed by atoms with Crippen molar-refractivity contribution in [1.29, 1.82) is 0 Å². The summed E-state index contributed by atoms with van der Waals surface area (Å²) in [5, 5.41) is 8.44. The van der Waals surface area contributed by atoms with Gasteiger partial charge in [0, 0.05) is 5.54 Å². The predicted molar refractivity (Wildman–Crippen MR) is 38.8 cm³/mol. The quantitative estimate of drug-likeness (QED) is 0.627. The Morgan fingerprint density at radius 3 is 2.60 bits per heavy atom. The molecule has 3 heteroatoms. The van der Waals surface area contributed by atoms with Crippen molar-refractivity contribution in [2.24, 2.45) is 0 Å². The largest absolute Gasteiger partial charge is 0.478 e. The van der Waals surface area contributed by atoms with Crippen molar-refractivity contribution in [3.63, 3.8) is 0 Å². The van der Waals surface area contributed by atoms with E-state index in [0.717, 1.165) is 5.57 Å². The Bertz CT molecular complexity index is 248. The van der Waals surface area contributed by atoms with Gasteiger partial charge in [0.05, 0.1) is 5.57 Å². The molecule has 0 spiro atoms. The van der Waals surface area contributed by atoms with Crippen LogP contribution in [0.15, 0.2) is 34.9 Å². The second kappa shape index (κ2) is 2.71. The lowest BCUT2D eigenvalue weighted by Crippen LogP contribution is -1.94. The number of rotatable bonds is 1. The summed E-state index contributed by atoms with van der Waals surface area (Å²) in [5.41, 5.74) is 2.33. The lowest BCUT2D eigenvalue weighted by Gasteiger charge is -1.84. The molecule has 52 valence electrons. The first-order valence-corrected chi connectivity index (χ1v) is 3.11. The van der Waals surface area contributed by atoms with Crippen molar-refractivity contribution in [2.75, 3.05) is 0 Å². The minimum absolute atomic E-state index is 0.270. The van der Waals surface area contributed by atoms with Gasteiger partial charge in [0.15, 0.2) is 0 Å². The van der Waals surface area contributed by atoms with E-state index in [0.29, 0.717) is 0 Å². The molecule has 0 radical (unpaired) electrons. The van der Waals surface area contributed by atoms with Gasteiger partial charge in [-0.3, -0.25) is 0 Å². The fourth-order valence-electron chi connectivity index (χ4n) is 0.663. The zero-order valence-electron chi connectivity index (χ0n) is 5.04. The van der Waals surface area contributed by atoms with Gasteiger partial charge in [0.1, 0.15) is 0 Å². The van der Waals surface area contributed by atoms with Crippen molar-refractivity contribution < 1.29 is 9.90 Å². The number of hydrogen-bond donors (Lipinski definition) is 1. The molecule has 1 rings (SSSR count). The Hall–Kier alpha value is -1.02. The summed E-state index contributed by atoms with van der Waals surface area (Å²) in [6.45, 7) is 0. The van der Waals surface area contributed by atoms with Gasteiger partial charge in [-0.1, -0.05) is 17.7 Å². The van der Waals surface area contributed by atoms with Gasteiger partial charge in [0.25, 0.3) is 0 Å². The van der Waals surface area contributed by atoms with E-state index in [1.807, 2.05) is 0 Å². The Morgan fingerprint density at radius 1 is 1.60 bits per heavy atom. The molecule has 0 atom stereocenters. The van der Waals surface area contributed by atoms with Gasteiger partial charge < -0.3 is 5.11 Å². The molecule has 2 nitrogen and oxygen atoms in total. The summed E-state index contributed by atoms with van der Waals surface area (Å²) in [5.74, 6) is -0.926. The maximum atomic E-state index is 10.3. The number of carbonyl (C=O) groups is 1. The topological polar surface area (TPSA) is 37.3 Å². The molecule has 0 bridgehead atoms. The Labute approximate surface area is 63.1 Å². The van der Waals surface area contributed by atoms with Crippen LogP contribution >= 0.6 is 11.6 Å². The van der Waals surface area contributed by atoms with Crippen LogP contribution in [-0.4, -0.2) is 11.1 Å². The highest BCUT2D eigenvalue weighted by Crippen LogP contribution is 2.15. The van der Waals surface area contributed by atoms with Crippen LogP contribution in [0.25, 0.3) is 0 Å². The number of hydrogen-bond acceptors (Lipinski definition) is 1. The SMILES string of the molecule is O=C(O)C1=C/C(=C/Cl)C=C1. The summed E-state index contributed by atoms with van der Waals surface area (Å²) in [7, 11) is 0. The van der Waals surface area contributed by atoms with Gasteiger partial charge in [-0.05, 0) is 17.7 Å². The van der Waals surface area contributed by atoms with E-state index in [2.05, 4.69) is 0 Å². The molecule has 1 aliphatic rings. The summed E-state index contributed by atoms with van der Waals surface area (Å²) >= 11 is 5.33. The fraction of sp³-hybridized carbons (Fsp3) is 0. The molecule has 10 heavy (non-hydrogen) atoms. The molecule has 0 fully saturated rings. The molecule has 0 amide bonds. The highest BCUT2D eigenvalue weighted by molar-refractivity contribution is 6.26. The average molecular weight is 157 g/mol. The van der Waals surface area contributed by atoms with E-state index in [-0.39, 0.29) is 5.57 Å². The summed E-state index contributed by atoms with van der Waals surface area (Å²) in [6.07, 6.45) is 4.67. The summed E-state index contributed by atoms with van der Waals surface area (Å²) in [6, 6.07) is 0. The van der Waals surface area contributed by atoms with Crippen molar-refractivity contribution in [3.8, 4) is 0 Å². The second-order valence-electron chi connectivity index (χ2n) is 1.85. The number of halogens is 1. The van der Waals surface area contributed by atoms with Gasteiger partial charge in [-0.25, -0.2) is 4.79 Å². The number of allylic oxidation sites excluding steroid dienone is 3. The van der Waals surface area contributed by atoms with E-state index >= 15 is 0 Å². The molecule has 0 saturated carbocycles. The lowest BCUT2D eigenvalue weighted by atomic mass is 10.3. The van der Waals surface area contributed by atoms with E-state index in [1.54, 1.807) is 6.08 Å². The third-order valence-electron chi connectivity index (χ3n) is 1.15. The zero-order valence-corrected chi connectivity index (χ0v) is 5.80. The van der Waals surface area contributed by atoms with Crippen LogP contribution < -0.4 is 0 Å². The molecule has 1 N–H and O–H groups in total. The minimum Gasteiger partial charge on any atom is -0.478 e. The molecule has 0 aromatic rings. The third-order valence-corrected chi connectivity index (χ3v) is 1.40. The Kier molecular flexibility index (Phi) is 1.92. The van der Waals surface area contributed by atoms with Gasteiger partial charge in [-0.2, -0.15) is 0 Å². The Morgan fingerprint density at radius 2 is 2.30 bits per heavy atom. The zero-order chi connectivity index (χ0) is 7.56. The molecule has 0 aromatic heterocycles. The lowest BCUT2D eigenvalue weighted by molar-refractivity contribution is -0.132. The first kappa shape index (κ1) is 7.09. The molecule has 0 aliphatic heterocycles. The molecular formula is C7H5ClO2. The van der Waals surface area contributed by atoms with Crippen LogP contribution in [0.4, 0.5) is 0 Å². The van der Waals surface area contributed by atoms with Gasteiger partial charge >= 0.3 is 5.97 Å². The Balaban J connectivity index is 2.88. The standard InChI is InChI=1S/C7H5ClO2/c8-4-5-1-2-6(3-5)7(9)10/h1-4H,(H,9,10)/b5-4+. The molecule has 0 heterocycles. The highest BCUT2D eigenvalue weighted by atomic mass is 35.5. The van der Waals surface area contributed by atoms with Gasteiger partial charge in [0.2, 0.25) is 0 Å². The average Bonchev–Trinajstić information content (AvgIpc) is 2.34. The molecule has 0 aromatic carbocycles.